The molecule has 0 aliphatic rings. The smallest absolute Gasteiger partial charge is 0.123 e. The lowest BCUT2D eigenvalue weighted by molar-refractivity contribution is 0.313. The summed E-state index contributed by atoms with van der Waals surface area (Å²) >= 11 is 0. The first-order valence-corrected chi connectivity index (χ1v) is 10.9. The Morgan fingerprint density at radius 2 is 0.939 bits per heavy atom. The predicted molar refractivity (Wildman–Crippen MR) is 128 cm³/mol. The molecule has 0 saturated heterocycles. The van der Waals surface area contributed by atoms with Gasteiger partial charge >= 0.3 is 0 Å². The summed E-state index contributed by atoms with van der Waals surface area (Å²) in [6, 6.07) is 32.5. The highest BCUT2D eigenvalue weighted by Gasteiger charge is 2.29. The van der Waals surface area contributed by atoms with Gasteiger partial charge in [0.05, 0.1) is 5.71 Å². The van der Waals surface area contributed by atoms with Crippen LogP contribution in [0.3, 0.4) is 0 Å². The van der Waals surface area contributed by atoms with Gasteiger partial charge in [0.2, 0.25) is 0 Å². The third kappa shape index (κ3) is 5.72. The standard InChI is InChI=1S/C29H25F2NO/c30-25-15-11-23(12-16-25)27(19-21-7-3-1-4-8-21)29(32-33)28(20-22-9-5-2-6-10-22)24-13-17-26(31)18-14-24/h1-18,27-28,33H,19-20H2. The minimum atomic E-state index is -0.320. The second kappa shape index (κ2) is 10.7. The minimum absolute atomic E-state index is 0.295. The van der Waals surface area contributed by atoms with Crippen LogP contribution in [0.5, 0.6) is 0 Å². The quantitative estimate of drug-likeness (QED) is 0.176. The van der Waals surface area contributed by atoms with E-state index in [2.05, 4.69) is 5.16 Å². The van der Waals surface area contributed by atoms with E-state index in [0.29, 0.717) is 18.6 Å². The lowest BCUT2D eigenvalue weighted by Gasteiger charge is -2.26. The number of halogens is 2. The van der Waals surface area contributed by atoms with Gasteiger partial charge in [-0.15, -0.1) is 0 Å². The topological polar surface area (TPSA) is 32.6 Å². The van der Waals surface area contributed by atoms with Gasteiger partial charge in [0.25, 0.3) is 0 Å². The molecule has 4 aromatic rings. The normalized spacial score (nSPS) is 12.7. The molecule has 0 aromatic heterocycles. The van der Waals surface area contributed by atoms with Gasteiger partial charge in [-0.05, 0) is 59.4 Å². The third-order valence-corrected chi connectivity index (χ3v) is 5.94. The Labute approximate surface area is 192 Å². The van der Waals surface area contributed by atoms with Gasteiger partial charge in [0.1, 0.15) is 11.6 Å². The highest BCUT2D eigenvalue weighted by atomic mass is 19.1. The number of rotatable bonds is 8. The van der Waals surface area contributed by atoms with E-state index in [-0.39, 0.29) is 23.5 Å². The Morgan fingerprint density at radius 1 is 0.576 bits per heavy atom. The molecule has 0 saturated carbocycles. The van der Waals surface area contributed by atoms with Crippen LogP contribution in [0.1, 0.15) is 34.1 Å². The van der Waals surface area contributed by atoms with Crippen LogP contribution in [0.15, 0.2) is 114 Å². The van der Waals surface area contributed by atoms with Crippen molar-refractivity contribution in [1.29, 1.82) is 0 Å². The summed E-state index contributed by atoms with van der Waals surface area (Å²) < 4.78 is 27.4. The van der Waals surface area contributed by atoms with Crippen molar-refractivity contribution >= 4 is 5.71 Å². The van der Waals surface area contributed by atoms with Crippen molar-refractivity contribution in [3.8, 4) is 0 Å². The van der Waals surface area contributed by atoms with Gasteiger partial charge in [0, 0.05) is 11.8 Å². The zero-order valence-corrected chi connectivity index (χ0v) is 18.1. The Hall–Kier alpha value is -3.79. The number of oxime groups is 1. The van der Waals surface area contributed by atoms with Gasteiger partial charge in [-0.25, -0.2) is 8.78 Å². The molecule has 2 unspecified atom stereocenters. The first kappa shape index (κ1) is 22.4. The molecular formula is C29H25F2NO. The molecule has 1 N–H and O–H groups in total. The molecule has 0 bridgehead atoms. The second-order valence-corrected chi connectivity index (χ2v) is 8.11. The first-order chi connectivity index (χ1) is 16.1. The van der Waals surface area contributed by atoms with Crippen LogP contribution >= 0.6 is 0 Å². The molecular weight excluding hydrogens is 416 g/mol. The van der Waals surface area contributed by atoms with Crippen LogP contribution in [0.4, 0.5) is 8.78 Å². The maximum absolute atomic E-state index is 13.7. The molecule has 0 heterocycles. The summed E-state index contributed by atoms with van der Waals surface area (Å²) in [6.45, 7) is 0. The van der Waals surface area contributed by atoms with Crippen LogP contribution in [-0.4, -0.2) is 10.9 Å². The van der Waals surface area contributed by atoms with Crippen molar-refractivity contribution < 1.29 is 14.0 Å². The predicted octanol–water partition coefficient (Wildman–Crippen LogP) is 7.15. The molecule has 166 valence electrons. The maximum atomic E-state index is 13.7. The van der Waals surface area contributed by atoms with Crippen LogP contribution < -0.4 is 0 Å². The van der Waals surface area contributed by atoms with Crippen LogP contribution in [-0.2, 0) is 12.8 Å². The van der Waals surface area contributed by atoms with Gasteiger partial charge in [-0.3, -0.25) is 0 Å². The molecule has 2 nitrogen and oxygen atoms in total. The number of hydrogen-bond donors (Lipinski definition) is 1. The summed E-state index contributed by atoms with van der Waals surface area (Å²) in [7, 11) is 0. The molecule has 2 atom stereocenters. The highest BCUT2D eigenvalue weighted by Crippen LogP contribution is 2.33. The van der Waals surface area contributed by atoms with Crippen molar-refractivity contribution in [2.24, 2.45) is 5.16 Å². The average molecular weight is 442 g/mol. The summed E-state index contributed by atoms with van der Waals surface area (Å²) in [5.74, 6) is -1.23. The highest BCUT2D eigenvalue weighted by molar-refractivity contribution is 5.96. The van der Waals surface area contributed by atoms with E-state index in [1.807, 2.05) is 60.7 Å². The van der Waals surface area contributed by atoms with E-state index in [1.165, 1.54) is 24.3 Å². The van der Waals surface area contributed by atoms with Gasteiger partial charge in [-0.2, -0.15) is 0 Å². The zero-order valence-electron chi connectivity index (χ0n) is 18.1. The van der Waals surface area contributed by atoms with Crippen LogP contribution in [0, 0.1) is 11.6 Å². The van der Waals surface area contributed by atoms with Crippen molar-refractivity contribution in [3.05, 3.63) is 143 Å². The molecule has 4 rings (SSSR count). The fraction of sp³-hybridized carbons (Fsp3) is 0.138. The van der Waals surface area contributed by atoms with E-state index in [4.69, 9.17) is 0 Å². The molecule has 0 amide bonds. The van der Waals surface area contributed by atoms with Crippen molar-refractivity contribution in [1.82, 2.24) is 0 Å². The molecule has 4 heteroatoms. The molecule has 0 aliphatic heterocycles. The molecule has 4 aromatic carbocycles. The fourth-order valence-electron chi connectivity index (χ4n) is 4.26. The van der Waals surface area contributed by atoms with Crippen LogP contribution in [0.25, 0.3) is 0 Å². The molecule has 0 fully saturated rings. The van der Waals surface area contributed by atoms with Crippen molar-refractivity contribution in [2.75, 3.05) is 0 Å². The van der Waals surface area contributed by atoms with E-state index < -0.39 is 0 Å². The van der Waals surface area contributed by atoms with E-state index >= 15 is 0 Å². The lowest BCUT2D eigenvalue weighted by Crippen LogP contribution is -2.25. The Kier molecular flexibility index (Phi) is 7.26. The summed E-state index contributed by atoms with van der Waals surface area (Å²) in [4.78, 5) is 0. The lowest BCUT2D eigenvalue weighted by atomic mass is 9.77. The molecule has 0 aliphatic carbocycles. The molecule has 33 heavy (non-hydrogen) atoms. The monoisotopic (exact) mass is 441 g/mol. The van der Waals surface area contributed by atoms with E-state index in [1.54, 1.807) is 24.3 Å². The summed E-state index contributed by atoms with van der Waals surface area (Å²) in [5.41, 5.74) is 4.42. The zero-order chi connectivity index (χ0) is 23.0. The first-order valence-electron chi connectivity index (χ1n) is 10.9. The average Bonchev–Trinajstić information content (AvgIpc) is 2.85. The SMILES string of the molecule is ON=C(C(Cc1ccccc1)c1ccc(F)cc1)C(Cc1ccccc1)c1ccc(F)cc1. The molecule has 0 radical (unpaired) electrons. The van der Waals surface area contributed by atoms with E-state index in [0.717, 1.165) is 22.3 Å². The maximum Gasteiger partial charge on any atom is 0.123 e. The van der Waals surface area contributed by atoms with Crippen molar-refractivity contribution in [2.45, 2.75) is 24.7 Å². The third-order valence-electron chi connectivity index (χ3n) is 5.94. The number of hydrogen-bond acceptors (Lipinski definition) is 2. The Morgan fingerprint density at radius 3 is 1.27 bits per heavy atom. The Bertz CT molecular complexity index is 1080. The summed E-state index contributed by atoms with van der Waals surface area (Å²) in [6.07, 6.45) is 1.16. The summed E-state index contributed by atoms with van der Waals surface area (Å²) in [5, 5.41) is 14.1. The largest absolute Gasteiger partial charge is 0.411 e. The van der Waals surface area contributed by atoms with Crippen molar-refractivity contribution in [3.63, 3.8) is 0 Å². The van der Waals surface area contributed by atoms with Crippen LogP contribution in [0.2, 0.25) is 0 Å². The molecule has 0 spiro atoms. The van der Waals surface area contributed by atoms with Gasteiger partial charge < -0.3 is 5.21 Å². The Balaban J connectivity index is 1.79. The minimum Gasteiger partial charge on any atom is -0.411 e. The number of nitrogens with zero attached hydrogens (tertiary/aromatic N) is 1. The van der Waals surface area contributed by atoms with Gasteiger partial charge in [0.15, 0.2) is 0 Å². The number of benzene rings is 4. The second-order valence-electron chi connectivity index (χ2n) is 8.11. The van der Waals surface area contributed by atoms with Gasteiger partial charge in [-0.1, -0.05) is 90.1 Å². The fourth-order valence-corrected chi connectivity index (χ4v) is 4.26. The van der Waals surface area contributed by atoms with E-state index in [9.17, 15) is 14.0 Å².